The normalized spacial score (nSPS) is 22.5. The smallest absolute Gasteiger partial charge is 0.225 e. The van der Waals surface area contributed by atoms with Crippen LogP contribution in [0.1, 0.15) is 25.3 Å². The summed E-state index contributed by atoms with van der Waals surface area (Å²) in [4.78, 5) is 23.4. The number of piperazine rings is 1. The Labute approximate surface area is 247 Å². The predicted molar refractivity (Wildman–Crippen MR) is 166 cm³/mol. The monoisotopic (exact) mass is 581 g/mol. The molecular formula is C31H31N7OS2. The number of aliphatic hydroxyl groups is 1. The van der Waals surface area contributed by atoms with Gasteiger partial charge in [-0.25, -0.2) is 19.9 Å². The molecule has 10 heteroatoms. The van der Waals surface area contributed by atoms with Crippen LogP contribution in [0.5, 0.6) is 0 Å². The molecule has 2 fully saturated rings. The summed E-state index contributed by atoms with van der Waals surface area (Å²) < 4.78 is 0. The molecule has 1 saturated heterocycles. The number of nitrogens with one attached hydrogen (secondary N) is 1. The number of hydrogen-bond donors (Lipinski definition) is 3. The van der Waals surface area contributed by atoms with Crippen LogP contribution in [0.15, 0.2) is 73.2 Å². The molecule has 208 valence electrons. The summed E-state index contributed by atoms with van der Waals surface area (Å²) in [6, 6.07) is 18.7. The van der Waals surface area contributed by atoms with E-state index < -0.39 is 11.1 Å². The van der Waals surface area contributed by atoms with Crippen molar-refractivity contribution in [1.82, 2.24) is 25.3 Å². The van der Waals surface area contributed by atoms with Gasteiger partial charge in [-0.15, -0.1) is 22.7 Å². The summed E-state index contributed by atoms with van der Waals surface area (Å²) in [7, 11) is 0. The van der Waals surface area contributed by atoms with E-state index in [2.05, 4.69) is 68.7 Å². The van der Waals surface area contributed by atoms with Crippen molar-refractivity contribution in [3.8, 4) is 42.2 Å². The molecule has 0 radical (unpaired) electrons. The fraction of sp³-hybridized carbons (Fsp3) is 0.290. The zero-order valence-corrected chi connectivity index (χ0v) is 24.4. The van der Waals surface area contributed by atoms with E-state index >= 15 is 0 Å². The van der Waals surface area contributed by atoms with Gasteiger partial charge >= 0.3 is 0 Å². The first kappa shape index (κ1) is 26.4. The van der Waals surface area contributed by atoms with Gasteiger partial charge in [-0.05, 0) is 30.9 Å². The molecule has 1 aliphatic heterocycles. The Morgan fingerprint density at radius 3 is 2.22 bits per heavy atom. The van der Waals surface area contributed by atoms with Crippen LogP contribution in [0.4, 0.5) is 5.95 Å². The van der Waals surface area contributed by atoms with Crippen molar-refractivity contribution < 1.29 is 5.11 Å². The van der Waals surface area contributed by atoms with Crippen molar-refractivity contribution in [2.75, 3.05) is 31.1 Å². The lowest BCUT2D eigenvalue weighted by molar-refractivity contribution is -0.0738. The average molecular weight is 582 g/mol. The quantitative estimate of drug-likeness (QED) is 0.252. The van der Waals surface area contributed by atoms with Crippen molar-refractivity contribution in [3.05, 3.63) is 78.8 Å². The second-order valence-electron chi connectivity index (χ2n) is 11.2. The summed E-state index contributed by atoms with van der Waals surface area (Å²) in [5.74, 6) is 0.762. The van der Waals surface area contributed by atoms with Gasteiger partial charge in [-0.1, -0.05) is 54.6 Å². The first-order valence-corrected chi connectivity index (χ1v) is 15.4. The van der Waals surface area contributed by atoms with Gasteiger partial charge in [0, 0.05) is 61.4 Å². The molecule has 0 bridgehead atoms. The third-order valence-electron chi connectivity index (χ3n) is 7.79. The molecule has 0 unspecified atom stereocenters. The molecule has 41 heavy (non-hydrogen) atoms. The number of rotatable bonds is 6. The fourth-order valence-electron chi connectivity index (χ4n) is 5.84. The summed E-state index contributed by atoms with van der Waals surface area (Å²) in [6.07, 6.45) is 6.75. The van der Waals surface area contributed by atoms with Crippen LogP contribution in [-0.4, -0.2) is 56.8 Å². The third-order valence-corrected chi connectivity index (χ3v) is 10.1. The van der Waals surface area contributed by atoms with Gasteiger partial charge in [0.05, 0.1) is 21.0 Å². The number of nitrogens with zero attached hydrogens (tertiary/aromatic N) is 5. The van der Waals surface area contributed by atoms with Crippen LogP contribution in [0.25, 0.3) is 42.2 Å². The molecule has 0 spiro atoms. The van der Waals surface area contributed by atoms with Crippen LogP contribution >= 0.6 is 22.7 Å². The SMILES string of the molecule is C[C@]1(O)C[C@@](N)(c2ccc(-c3nc(-c4cnc(-c5cnc(N6CCNCC6)nc5)s4)sc3-c3ccccc3)cc2)C1. The molecule has 4 heterocycles. The Morgan fingerprint density at radius 2 is 1.54 bits per heavy atom. The molecule has 0 amide bonds. The first-order chi connectivity index (χ1) is 19.9. The number of anilines is 1. The largest absolute Gasteiger partial charge is 0.390 e. The van der Waals surface area contributed by atoms with E-state index in [0.29, 0.717) is 12.8 Å². The zero-order valence-electron chi connectivity index (χ0n) is 22.7. The molecule has 8 nitrogen and oxygen atoms in total. The highest BCUT2D eigenvalue weighted by Crippen LogP contribution is 2.47. The highest BCUT2D eigenvalue weighted by Gasteiger charge is 2.49. The third kappa shape index (κ3) is 5.18. The van der Waals surface area contributed by atoms with E-state index in [1.54, 1.807) is 22.7 Å². The number of aromatic nitrogens is 4. The van der Waals surface area contributed by atoms with Crippen LogP contribution in [-0.2, 0) is 5.54 Å². The van der Waals surface area contributed by atoms with Gasteiger partial charge in [0.15, 0.2) is 0 Å². The Morgan fingerprint density at radius 1 is 0.829 bits per heavy atom. The van der Waals surface area contributed by atoms with Gasteiger partial charge in [0.25, 0.3) is 0 Å². The summed E-state index contributed by atoms with van der Waals surface area (Å²) in [5, 5.41) is 15.4. The molecule has 4 N–H and O–H groups in total. The molecule has 1 saturated carbocycles. The van der Waals surface area contributed by atoms with Gasteiger partial charge in [0.2, 0.25) is 5.95 Å². The van der Waals surface area contributed by atoms with Gasteiger partial charge in [-0.2, -0.15) is 0 Å². The molecule has 2 aromatic carbocycles. The Balaban J connectivity index is 1.19. The van der Waals surface area contributed by atoms with Crippen molar-refractivity contribution in [2.24, 2.45) is 5.73 Å². The highest BCUT2D eigenvalue weighted by molar-refractivity contribution is 7.25. The highest BCUT2D eigenvalue weighted by atomic mass is 32.1. The van der Waals surface area contributed by atoms with Crippen LogP contribution in [0.3, 0.4) is 0 Å². The Bertz CT molecular complexity index is 1650. The number of hydrogen-bond acceptors (Lipinski definition) is 10. The zero-order chi connectivity index (χ0) is 28.0. The molecule has 1 aliphatic carbocycles. The van der Waals surface area contributed by atoms with E-state index in [1.807, 2.05) is 31.6 Å². The van der Waals surface area contributed by atoms with Crippen molar-refractivity contribution in [1.29, 1.82) is 0 Å². The van der Waals surface area contributed by atoms with Gasteiger partial charge < -0.3 is 21.1 Å². The number of nitrogens with two attached hydrogens (primary N) is 1. The van der Waals surface area contributed by atoms with E-state index in [1.165, 1.54) is 0 Å². The maximum Gasteiger partial charge on any atom is 0.225 e. The van der Waals surface area contributed by atoms with Gasteiger partial charge in [-0.3, -0.25) is 0 Å². The lowest BCUT2D eigenvalue weighted by Crippen LogP contribution is -2.58. The molecular weight excluding hydrogens is 551 g/mol. The maximum atomic E-state index is 10.3. The fourth-order valence-corrected chi connectivity index (χ4v) is 7.87. The molecule has 0 atom stereocenters. The van der Waals surface area contributed by atoms with Crippen molar-refractivity contribution in [2.45, 2.75) is 30.9 Å². The predicted octanol–water partition coefficient (Wildman–Crippen LogP) is 5.17. The standard InChI is InChI=1S/C31H31N7OS2/c1-30(39)18-31(32,19-30)23-9-7-20(8-10-23)25-26(21-5-3-2-4-6-21)41-28(37-25)24-17-34-27(40-24)22-15-35-29(36-16-22)38-13-11-33-12-14-38/h2-10,15-17,33,39H,11-14,18-19,32H2,1H3/t30-,31-. The Kier molecular flexibility index (Phi) is 6.67. The minimum absolute atomic E-state index is 0.483. The minimum atomic E-state index is -0.690. The van der Waals surface area contributed by atoms with E-state index in [-0.39, 0.29) is 0 Å². The minimum Gasteiger partial charge on any atom is -0.390 e. The average Bonchev–Trinajstić information content (AvgIpc) is 3.66. The van der Waals surface area contributed by atoms with E-state index in [9.17, 15) is 5.11 Å². The van der Waals surface area contributed by atoms with Crippen molar-refractivity contribution in [3.63, 3.8) is 0 Å². The van der Waals surface area contributed by atoms with Crippen LogP contribution in [0, 0.1) is 0 Å². The van der Waals surface area contributed by atoms with Crippen LogP contribution < -0.4 is 16.0 Å². The molecule has 5 aromatic rings. The van der Waals surface area contributed by atoms with Crippen molar-refractivity contribution >= 4 is 28.6 Å². The second kappa shape index (κ2) is 10.4. The second-order valence-corrected chi connectivity index (χ2v) is 13.2. The summed E-state index contributed by atoms with van der Waals surface area (Å²) in [5.41, 5.74) is 10.5. The van der Waals surface area contributed by atoms with E-state index in [0.717, 1.165) is 79.8 Å². The van der Waals surface area contributed by atoms with Crippen LogP contribution in [0.2, 0.25) is 0 Å². The molecule has 7 rings (SSSR count). The molecule has 2 aliphatic rings. The summed E-state index contributed by atoms with van der Waals surface area (Å²) in [6.45, 7) is 5.56. The maximum absolute atomic E-state index is 10.3. The Hall–Kier alpha value is -3.54. The number of benzene rings is 2. The topological polar surface area (TPSA) is 113 Å². The first-order valence-electron chi connectivity index (χ1n) is 13.8. The van der Waals surface area contributed by atoms with E-state index in [4.69, 9.17) is 15.7 Å². The van der Waals surface area contributed by atoms with Gasteiger partial charge in [0.1, 0.15) is 10.0 Å². The summed E-state index contributed by atoms with van der Waals surface area (Å²) >= 11 is 3.28. The lowest BCUT2D eigenvalue weighted by Gasteiger charge is -2.49. The molecule has 3 aromatic heterocycles. The lowest BCUT2D eigenvalue weighted by atomic mass is 9.63. The number of thiazole rings is 2.